The van der Waals surface area contributed by atoms with Gasteiger partial charge in [0, 0.05) is 18.1 Å². The molecule has 1 saturated carbocycles. The number of benzene rings is 1. The van der Waals surface area contributed by atoms with Gasteiger partial charge in [0.2, 0.25) is 0 Å². The molecule has 1 aliphatic heterocycles. The SMILES string of the molecule is CC(F)(F)c1cccc(-c2cncc(CN3CC4(CC4)OC3=O)n2)c1. The zero-order chi connectivity index (χ0) is 17.7. The Bertz CT molecular complexity index is 831. The summed E-state index contributed by atoms with van der Waals surface area (Å²) >= 11 is 0. The first-order valence-electron chi connectivity index (χ1n) is 8.12. The number of ether oxygens (including phenoxy) is 1. The molecule has 2 heterocycles. The number of carbonyl (C=O) groups is 1. The second-order valence-corrected chi connectivity index (χ2v) is 6.77. The van der Waals surface area contributed by atoms with E-state index in [2.05, 4.69) is 9.97 Å². The smallest absolute Gasteiger partial charge is 0.410 e. The van der Waals surface area contributed by atoms with Crippen molar-refractivity contribution in [1.29, 1.82) is 0 Å². The van der Waals surface area contributed by atoms with Crippen LogP contribution >= 0.6 is 0 Å². The molecule has 1 spiro atoms. The molecule has 1 amide bonds. The summed E-state index contributed by atoms with van der Waals surface area (Å²) in [6.45, 7) is 1.72. The Morgan fingerprint density at radius 1 is 1.32 bits per heavy atom. The van der Waals surface area contributed by atoms with Crippen molar-refractivity contribution in [3.05, 3.63) is 47.9 Å². The molecule has 1 aromatic carbocycles. The molecule has 5 nitrogen and oxygen atoms in total. The lowest BCUT2D eigenvalue weighted by atomic mass is 10.0. The van der Waals surface area contributed by atoms with Crippen molar-refractivity contribution in [2.75, 3.05) is 6.54 Å². The van der Waals surface area contributed by atoms with Crippen LogP contribution in [0.15, 0.2) is 36.7 Å². The van der Waals surface area contributed by atoms with Crippen molar-refractivity contribution in [2.24, 2.45) is 0 Å². The summed E-state index contributed by atoms with van der Waals surface area (Å²) in [6.07, 6.45) is 4.57. The second-order valence-electron chi connectivity index (χ2n) is 6.77. The van der Waals surface area contributed by atoms with E-state index in [9.17, 15) is 13.6 Å². The number of carbonyl (C=O) groups excluding carboxylic acids is 1. The third-order valence-electron chi connectivity index (χ3n) is 4.55. The number of rotatable bonds is 4. The zero-order valence-corrected chi connectivity index (χ0v) is 13.7. The molecule has 1 aliphatic carbocycles. The minimum absolute atomic E-state index is 0.0731. The van der Waals surface area contributed by atoms with Crippen LogP contribution in [0.5, 0.6) is 0 Å². The Labute approximate surface area is 143 Å². The highest BCUT2D eigenvalue weighted by Crippen LogP contribution is 2.44. The number of hydrogen-bond donors (Lipinski definition) is 0. The molecule has 4 rings (SSSR count). The van der Waals surface area contributed by atoms with Gasteiger partial charge in [-0.3, -0.25) is 9.88 Å². The van der Waals surface area contributed by atoms with Crippen LogP contribution in [0.4, 0.5) is 13.6 Å². The van der Waals surface area contributed by atoms with Crippen molar-refractivity contribution >= 4 is 6.09 Å². The van der Waals surface area contributed by atoms with Crippen LogP contribution in [0, 0.1) is 0 Å². The van der Waals surface area contributed by atoms with Crippen molar-refractivity contribution < 1.29 is 18.3 Å². The molecule has 0 N–H and O–H groups in total. The third kappa shape index (κ3) is 3.18. The third-order valence-corrected chi connectivity index (χ3v) is 4.55. The highest BCUT2D eigenvalue weighted by Gasteiger charge is 2.54. The topological polar surface area (TPSA) is 55.3 Å². The Morgan fingerprint density at radius 3 is 2.80 bits per heavy atom. The predicted octanol–water partition coefficient (Wildman–Crippen LogP) is 3.74. The van der Waals surface area contributed by atoms with E-state index in [1.54, 1.807) is 23.2 Å². The molecule has 2 aliphatic rings. The summed E-state index contributed by atoms with van der Waals surface area (Å²) in [5.41, 5.74) is 1.30. The summed E-state index contributed by atoms with van der Waals surface area (Å²) in [7, 11) is 0. The van der Waals surface area contributed by atoms with Gasteiger partial charge in [0.25, 0.3) is 5.92 Å². The maximum Gasteiger partial charge on any atom is 0.410 e. The normalized spacial score (nSPS) is 18.5. The first-order chi connectivity index (χ1) is 11.8. The van der Waals surface area contributed by atoms with Gasteiger partial charge in [0.15, 0.2) is 0 Å². The molecule has 0 unspecified atom stereocenters. The van der Waals surface area contributed by atoms with Crippen LogP contribution < -0.4 is 0 Å². The monoisotopic (exact) mass is 345 g/mol. The number of aromatic nitrogens is 2. The lowest BCUT2D eigenvalue weighted by Gasteiger charge is -2.14. The lowest BCUT2D eigenvalue weighted by molar-refractivity contribution is 0.0175. The summed E-state index contributed by atoms with van der Waals surface area (Å²) in [6, 6.07) is 6.09. The fourth-order valence-corrected chi connectivity index (χ4v) is 2.98. The van der Waals surface area contributed by atoms with Gasteiger partial charge in [-0.2, -0.15) is 0 Å². The fraction of sp³-hybridized carbons (Fsp3) is 0.389. The van der Waals surface area contributed by atoms with E-state index in [0.29, 0.717) is 30.0 Å². The first kappa shape index (κ1) is 15.9. The van der Waals surface area contributed by atoms with E-state index in [4.69, 9.17) is 4.74 Å². The van der Waals surface area contributed by atoms with Crippen molar-refractivity contribution in [3.63, 3.8) is 0 Å². The van der Waals surface area contributed by atoms with E-state index in [0.717, 1.165) is 19.8 Å². The average molecular weight is 345 g/mol. The Balaban J connectivity index is 1.57. The summed E-state index contributed by atoms with van der Waals surface area (Å²) < 4.78 is 32.4. The molecule has 1 saturated heterocycles. The van der Waals surface area contributed by atoms with Gasteiger partial charge in [-0.15, -0.1) is 0 Å². The van der Waals surface area contributed by atoms with Gasteiger partial charge in [-0.1, -0.05) is 18.2 Å². The highest BCUT2D eigenvalue weighted by molar-refractivity contribution is 5.71. The Kier molecular flexibility index (Phi) is 3.49. The number of halogens is 2. The van der Waals surface area contributed by atoms with Gasteiger partial charge in [0.05, 0.1) is 36.9 Å². The van der Waals surface area contributed by atoms with Crippen LogP contribution in [-0.2, 0) is 17.2 Å². The van der Waals surface area contributed by atoms with Crippen LogP contribution in [0.3, 0.4) is 0 Å². The van der Waals surface area contributed by atoms with Crippen LogP contribution in [0.1, 0.15) is 31.0 Å². The number of nitrogens with zero attached hydrogens (tertiary/aromatic N) is 3. The standard InChI is InChI=1S/C18H17F2N3O2/c1-17(19,20)13-4-2-3-12(7-13)15-9-21-8-14(22-15)10-23-11-18(5-6-18)25-16(23)24/h2-4,7-9H,5-6,10-11H2,1H3. The highest BCUT2D eigenvalue weighted by atomic mass is 19.3. The molecule has 0 bridgehead atoms. The van der Waals surface area contributed by atoms with Crippen LogP contribution in [0.25, 0.3) is 11.3 Å². The molecule has 130 valence electrons. The molecule has 0 atom stereocenters. The van der Waals surface area contributed by atoms with E-state index in [1.165, 1.54) is 18.3 Å². The molecule has 1 aromatic heterocycles. The van der Waals surface area contributed by atoms with Crippen LogP contribution in [0.2, 0.25) is 0 Å². The molecule has 25 heavy (non-hydrogen) atoms. The molecule has 7 heteroatoms. The largest absolute Gasteiger partial charge is 0.441 e. The Morgan fingerprint density at radius 2 is 2.12 bits per heavy atom. The molecule has 0 radical (unpaired) electrons. The van der Waals surface area contributed by atoms with E-state index in [1.807, 2.05) is 0 Å². The summed E-state index contributed by atoms with van der Waals surface area (Å²) in [5.74, 6) is -2.92. The van der Waals surface area contributed by atoms with Crippen molar-refractivity contribution in [3.8, 4) is 11.3 Å². The van der Waals surface area contributed by atoms with Gasteiger partial charge < -0.3 is 4.74 Å². The van der Waals surface area contributed by atoms with E-state index < -0.39 is 5.92 Å². The van der Waals surface area contributed by atoms with Crippen molar-refractivity contribution in [2.45, 2.75) is 37.8 Å². The number of hydrogen-bond acceptors (Lipinski definition) is 4. The maximum absolute atomic E-state index is 13.5. The minimum Gasteiger partial charge on any atom is -0.441 e. The summed E-state index contributed by atoms with van der Waals surface area (Å²) in [4.78, 5) is 22.1. The fourth-order valence-electron chi connectivity index (χ4n) is 2.98. The van der Waals surface area contributed by atoms with Gasteiger partial charge in [-0.25, -0.2) is 18.6 Å². The van der Waals surface area contributed by atoms with E-state index in [-0.39, 0.29) is 17.3 Å². The Hall–Kier alpha value is -2.57. The second kappa shape index (κ2) is 5.47. The van der Waals surface area contributed by atoms with Crippen LogP contribution in [-0.4, -0.2) is 33.1 Å². The van der Waals surface area contributed by atoms with Gasteiger partial charge in [0.1, 0.15) is 5.60 Å². The van der Waals surface area contributed by atoms with Gasteiger partial charge in [-0.05, 0) is 18.9 Å². The van der Waals surface area contributed by atoms with Crippen molar-refractivity contribution in [1.82, 2.24) is 14.9 Å². The molecular weight excluding hydrogens is 328 g/mol. The predicted molar refractivity (Wildman–Crippen MR) is 85.9 cm³/mol. The number of alkyl halides is 2. The van der Waals surface area contributed by atoms with E-state index >= 15 is 0 Å². The summed E-state index contributed by atoms with van der Waals surface area (Å²) in [5, 5.41) is 0. The molecule has 2 aromatic rings. The number of amides is 1. The molecular formula is C18H17F2N3O2. The quantitative estimate of drug-likeness (QED) is 0.847. The van der Waals surface area contributed by atoms with Gasteiger partial charge >= 0.3 is 6.09 Å². The lowest BCUT2D eigenvalue weighted by Crippen LogP contribution is -2.25. The average Bonchev–Trinajstić information content (AvgIpc) is 3.25. The maximum atomic E-state index is 13.5. The zero-order valence-electron chi connectivity index (χ0n) is 13.7. The first-order valence-corrected chi connectivity index (χ1v) is 8.12. The molecule has 2 fully saturated rings. The minimum atomic E-state index is -2.92.